The molecule has 0 fully saturated rings. The van der Waals surface area contributed by atoms with Crippen LogP contribution in [0.25, 0.3) is 0 Å². The van der Waals surface area contributed by atoms with Gasteiger partial charge in [0.05, 0.1) is 18.4 Å². The van der Waals surface area contributed by atoms with Gasteiger partial charge in [0, 0.05) is 4.90 Å². The number of benzene rings is 1. The minimum Gasteiger partial charge on any atom is -0.478 e. The molecule has 23 heavy (non-hydrogen) atoms. The lowest BCUT2D eigenvalue weighted by Gasteiger charge is -2.17. The summed E-state index contributed by atoms with van der Waals surface area (Å²) >= 11 is 1.59. The van der Waals surface area contributed by atoms with Crippen molar-refractivity contribution < 1.29 is 19.1 Å². The number of nitrogens with zero attached hydrogens (tertiary/aromatic N) is 1. The highest BCUT2D eigenvalue weighted by Crippen LogP contribution is 2.17. The molecule has 0 saturated carbocycles. The van der Waals surface area contributed by atoms with Gasteiger partial charge in [0.1, 0.15) is 11.9 Å². The molecule has 5 nitrogen and oxygen atoms in total. The predicted octanol–water partition coefficient (Wildman–Crippen LogP) is 4.00. The van der Waals surface area contributed by atoms with Crippen LogP contribution in [0.2, 0.25) is 0 Å². The molecule has 0 N–H and O–H groups in total. The van der Waals surface area contributed by atoms with E-state index in [1.54, 1.807) is 32.5 Å². The number of ether oxygens (including phenoxy) is 2. The molecule has 0 saturated heterocycles. The Kier molecular flexibility index (Phi) is 8.26. The van der Waals surface area contributed by atoms with Crippen LogP contribution in [-0.4, -0.2) is 29.8 Å². The Hall–Kier alpha value is -1.95. The molecule has 0 radical (unpaired) electrons. The number of carbonyl (C=O) groups is 1. The summed E-state index contributed by atoms with van der Waals surface area (Å²) in [5, 5.41) is 3.88. The minimum absolute atomic E-state index is 0.454. The molecule has 1 aromatic rings. The quantitative estimate of drug-likeness (QED) is 0.143. The van der Waals surface area contributed by atoms with Crippen molar-refractivity contribution in [1.82, 2.24) is 0 Å². The first-order valence-electron chi connectivity index (χ1n) is 7.33. The number of carbonyl (C=O) groups excluding carboxylic acids is 1. The monoisotopic (exact) mass is 337 g/mol. The molecule has 6 heteroatoms. The molecule has 0 heterocycles. The molecule has 0 bridgehead atoms. The summed E-state index contributed by atoms with van der Waals surface area (Å²) in [7, 11) is 0. The van der Waals surface area contributed by atoms with E-state index >= 15 is 0 Å². The van der Waals surface area contributed by atoms with Gasteiger partial charge in [-0.15, -0.1) is 11.8 Å². The second kappa shape index (κ2) is 9.94. The largest absolute Gasteiger partial charge is 0.478 e. The molecule has 1 rings (SSSR count). The maximum absolute atomic E-state index is 11.5. The van der Waals surface area contributed by atoms with Gasteiger partial charge in [0.15, 0.2) is 0 Å². The van der Waals surface area contributed by atoms with Crippen molar-refractivity contribution in [2.45, 2.75) is 38.2 Å². The molecular weight excluding hydrogens is 314 g/mol. The van der Waals surface area contributed by atoms with Gasteiger partial charge in [0.25, 0.3) is 0 Å². The molecule has 0 amide bonds. The van der Waals surface area contributed by atoms with Gasteiger partial charge in [-0.25, -0.2) is 4.79 Å². The van der Waals surface area contributed by atoms with Crippen molar-refractivity contribution in [1.29, 1.82) is 0 Å². The van der Waals surface area contributed by atoms with E-state index in [0.29, 0.717) is 18.3 Å². The SMILES string of the molecule is CCO/C(CSc1ccccc1)=N\O/C=C/C(=O)OC(C)(C)C. The Bertz CT molecular complexity index is 535. The zero-order valence-electron chi connectivity index (χ0n) is 13.9. The zero-order valence-corrected chi connectivity index (χ0v) is 14.8. The van der Waals surface area contributed by atoms with Crippen LogP contribution in [0.3, 0.4) is 0 Å². The molecular formula is C17H23NO4S. The maximum Gasteiger partial charge on any atom is 0.334 e. The summed E-state index contributed by atoms with van der Waals surface area (Å²) in [5.74, 6) is 0.512. The lowest BCUT2D eigenvalue weighted by atomic mass is 10.2. The second-order valence-electron chi connectivity index (χ2n) is 5.46. The van der Waals surface area contributed by atoms with Gasteiger partial charge < -0.3 is 14.3 Å². The Labute approximate surface area is 141 Å². The Morgan fingerprint density at radius 2 is 1.96 bits per heavy atom. The summed E-state index contributed by atoms with van der Waals surface area (Å²) < 4.78 is 10.5. The average molecular weight is 337 g/mol. The standard InChI is InChI=1S/C17H23NO4S/c1-5-20-15(13-23-14-9-7-6-8-10-14)18-21-12-11-16(19)22-17(2,3)4/h6-12H,5,13H2,1-4H3/b12-11+,18-15-. The number of esters is 1. The number of thioether (sulfide) groups is 1. The highest BCUT2D eigenvalue weighted by molar-refractivity contribution is 8.00. The zero-order chi connectivity index (χ0) is 17.1. The Morgan fingerprint density at radius 1 is 1.26 bits per heavy atom. The van der Waals surface area contributed by atoms with E-state index in [9.17, 15) is 4.79 Å². The fraction of sp³-hybridized carbons (Fsp3) is 0.412. The molecule has 0 atom stereocenters. The van der Waals surface area contributed by atoms with Crippen molar-refractivity contribution in [3.8, 4) is 0 Å². The third-order valence-electron chi connectivity index (χ3n) is 2.24. The van der Waals surface area contributed by atoms with Gasteiger partial charge >= 0.3 is 5.97 Å². The highest BCUT2D eigenvalue weighted by atomic mass is 32.2. The van der Waals surface area contributed by atoms with Crippen molar-refractivity contribution >= 4 is 23.6 Å². The molecule has 0 aliphatic rings. The second-order valence-corrected chi connectivity index (χ2v) is 6.51. The molecule has 0 spiro atoms. The van der Waals surface area contributed by atoms with Gasteiger partial charge in [0.2, 0.25) is 5.90 Å². The van der Waals surface area contributed by atoms with Gasteiger partial charge in [-0.2, -0.15) is 0 Å². The van der Waals surface area contributed by atoms with Crippen LogP contribution in [0.5, 0.6) is 0 Å². The average Bonchev–Trinajstić information content (AvgIpc) is 2.48. The van der Waals surface area contributed by atoms with E-state index in [1.807, 2.05) is 37.3 Å². The molecule has 0 aromatic heterocycles. The topological polar surface area (TPSA) is 57.1 Å². The summed E-state index contributed by atoms with van der Waals surface area (Å²) in [4.78, 5) is 17.6. The summed E-state index contributed by atoms with van der Waals surface area (Å²) in [6.45, 7) is 7.76. The van der Waals surface area contributed by atoms with Crippen molar-refractivity contribution in [2.24, 2.45) is 5.16 Å². The molecule has 0 unspecified atom stereocenters. The first-order chi connectivity index (χ1) is 10.9. The van der Waals surface area contributed by atoms with Crippen LogP contribution in [0.4, 0.5) is 0 Å². The van der Waals surface area contributed by atoms with Crippen LogP contribution in [-0.2, 0) is 19.1 Å². The van der Waals surface area contributed by atoms with Crippen molar-refractivity contribution in [2.75, 3.05) is 12.4 Å². The summed E-state index contributed by atoms with van der Waals surface area (Å²) in [6.07, 6.45) is 2.36. The highest BCUT2D eigenvalue weighted by Gasteiger charge is 2.13. The van der Waals surface area contributed by atoms with Crippen LogP contribution in [0.15, 0.2) is 52.7 Å². The fourth-order valence-corrected chi connectivity index (χ4v) is 2.21. The Morgan fingerprint density at radius 3 is 2.57 bits per heavy atom. The molecule has 126 valence electrons. The summed E-state index contributed by atoms with van der Waals surface area (Å²) in [5.41, 5.74) is -0.534. The van der Waals surface area contributed by atoms with E-state index in [0.717, 1.165) is 4.90 Å². The van der Waals surface area contributed by atoms with Crippen molar-refractivity contribution in [3.05, 3.63) is 42.7 Å². The number of oxime groups is 1. The number of hydrogen-bond donors (Lipinski definition) is 0. The van der Waals surface area contributed by atoms with E-state index in [4.69, 9.17) is 14.3 Å². The lowest BCUT2D eigenvalue weighted by molar-refractivity contribution is -0.148. The fourth-order valence-electron chi connectivity index (χ4n) is 1.43. The lowest BCUT2D eigenvalue weighted by Crippen LogP contribution is -2.22. The third kappa shape index (κ3) is 9.63. The van der Waals surface area contributed by atoms with E-state index in [1.165, 1.54) is 12.3 Å². The van der Waals surface area contributed by atoms with E-state index in [-0.39, 0.29) is 0 Å². The molecule has 0 aliphatic carbocycles. The van der Waals surface area contributed by atoms with Crippen LogP contribution >= 0.6 is 11.8 Å². The van der Waals surface area contributed by atoms with Crippen molar-refractivity contribution in [3.63, 3.8) is 0 Å². The first-order valence-corrected chi connectivity index (χ1v) is 8.32. The maximum atomic E-state index is 11.5. The van der Waals surface area contributed by atoms with Gasteiger partial charge in [-0.3, -0.25) is 0 Å². The van der Waals surface area contributed by atoms with Crippen LogP contribution in [0.1, 0.15) is 27.7 Å². The van der Waals surface area contributed by atoms with E-state index < -0.39 is 11.6 Å². The van der Waals surface area contributed by atoms with Gasteiger partial charge in [-0.1, -0.05) is 18.2 Å². The predicted molar refractivity (Wildman–Crippen MR) is 92.3 cm³/mol. The molecule has 1 aromatic carbocycles. The van der Waals surface area contributed by atoms with Crippen LogP contribution < -0.4 is 0 Å². The number of rotatable bonds is 7. The van der Waals surface area contributed by atoms with Crippen LogP contribution in [0, 0.1) is 0 Å². The molecule has 0 aliphatic heterocycles. The normalized spacial score (nSPS) is 12.3. The smallest absolute Gasteiger partial charge is 0.334 e. The van der Waals surface area contributed by atoms with E-state index in [2.05, 4.69) is 5.16 Å². The third-order valence-corrected chi connectivity index (χ3v) is 3.24. The Balaban J connectivity index is 2.47. The number of hydrogen-bond acceptors (Lipinski definition) is 6. The summed E-state index contributed by atoms with van der Waals surface area (Å²) in [6, 6.07) is 9.93. The van der Waals surface area contributed by atoms with Gasteiger partial charge in [-0.05, 0) is 45.0 Å². The minimum atomic E-state index is -0.534. The first kappa shape index (κ1) is 19.1.